The highest BCUT2D eigenvalue weighted by molar-refractivity contribution is 7.80. The van der Waals surface area contributed by atoms with Gasteiger partial charge in [0.15, 0.2) is 0 Å². The summed E-state index contributed by atoms with van der Waals surface area (Å²) in [7, 11) is 0. The first-order valence-corrected chi connectivity index (χ1v) is 10.3. The summed E-state index contributed by atoms with van der Waals surface area (Å²) in [4.78, 5) is 11.7. The van der Waals surface area contributed by atoms with Crippen LogP contribution in [-0.4, -0.2) is 29.4 Å². The second-order valence-corrected chi connectivity index (χ2v) is 7.16. The Hall–Kier alpha value is -0.220. The molecule has 138 valence electrons. The molecule has 0 saturated heterocycles. The third kappa shape index (κ3) is 15.1. The summed E-state index contributed by atoms with van der Waals surface area (Å²) in [5.74, 6) is 0.934. The van der Waals surface area contributed by atoms with Crippen LogP contribution in [0, 0.1) is 5.92 Å². The maximum atomic E-state index is 11.7. The van der Waals surface area contributed by atoms with E-state index in [4.69, 9.17) is 0 Å². The van der Waals surface area contributed by atoms with Gasteiger partial charge in [0.05, 0.1) is 6.10 Å². The zero-order valence-electron chi connectivity index (χ0n) is 15.4. The minimum Gasteiger partial charge on any atom is -0.392 e. The second kappa shape index (κ2) is 16.6. The molecule has 3 nitrogen and oxygen atoms in total. The number of amides is 1. The van der Waals surface area contributed by atoms with Crippen molar-refractivity contribution in [2.45, 2.75) is 97.0 Å². The van der Waals surface area contributed by atoms with E-state index in [-0.39, 0.29) is 17.9 Å². The highest BCUT2D eigenvalue weighted by atomic mass is 32.1. The van der Waals surface area contributed by atoms with Crippen molar-refractivity contribution in [2.24, 2.45) is 5.92 Å². The molecule has 0 saturated carbocycles. The van der Waals surface area contributed by atoms with Gasteiger partial charge >= 0.3 is 0 Å². The third-order valence-corrected chi connectivity index (χ3v) is 4.88. The van der Waals surface area contributed by atoms with Gasteiger partial charge in [0, 0.05) is 18.7 Å². The van der Waals surface area contributed by atoms with E-state index < -0.39 is 0 Å². The Labute approximate surface area is 149 Å². The highest BCUT2D eigenvalue weighted by Gasteiger charge is 2.11. The number of aliphatic hydroxyl groups is 1. The molecular weight excluding hydrogens is 306 g/mol. The van der Waals surface area contributed by atoms with Gasteiger partial charge < -0.3 is 10.4 Å². The van der Waals surface area contributed by atoms with Gasteiger partial charge in [-0.2, -0.15) is 12.6 Å². The molecule has 0 rings (SSSR count). The Morgan fingerprint density at radius 1 is 1.00 bits per heavy atom. The number of carbonyl (C=O) groups is 1. The number of rotatable bonds is 16. The fourth-order valence-electron chi connectivity index (χ4n) is 2.71. The molecule has 0 aromatic heterocycles. The maximum absolute atomic E-state index is 11.7. The van der Waals surface area contributed by atoms with Crippen LogP contribution < -0.4 is 5.32 Å². The quantitative estimate of drug-likeness (QED) is 0.280. The fourth-order valence-corrected chi connectivity index (χ4v) is 3.07. The van der Waals surface area contributed by atoms with Crippen LogP contribution in [-0.2, 0) is 4.79 Å². The van der Waals surface area contributed by atoms with E-state index in [2.05, 4.69) is 24.9 Å². The average Bonchev–Trinajstić information content (AvgIpc) is 2.56. The van der Waals surface area contributed by atoms with E-state index in [0.717, 1.165) is 25.8 Å². The molecule has 0 spiro atoms. The molecule has 1 amide bonds. The van der Waals surface area contributed by atoms with E-state index >= 15 is 0 Å². The van der Waals surface area contributed by atoms with Gasteiger partial charge in [-0.25, -0.2) is 0 Å². The number of unbranched alkanes of at least 4 members (excludes halogenated alkanes) is 8. The molecule has 0 bridgehead atoms. The summed E-state index contributed by atoms with van der Waals surface area (Å²) in [5.41, 5.74) is 0. The molecule has 0 fully saturated rings. The molecule has 2 N–H and O–H groups in total. The van der Waals surface area contributed by atoms with Gasteiger partial charge in [-0.15, -0.1) is 0 Å². The summed E-state index contributed by atoms with van der Waals surface area (Å²) in [6.45, 7) is 5.00. The molecule has 0 aromatic carbocycles. The molecule has 23 heavy (non-hydrogen) atoms. The Morgan fingerprint density at radius 2 is 1.57 bits per heavy atom. The van der Waals surface area contributed by atoms with Crippen molar-refractivity contribution in [3.63, 3.8) is 0 Å². The van der Waals surface area contributed by atoms with Crippen molar-refractivity contribution < 1.29 is 9.90 Å². The Bertz CT molecular complexity index is 274. The topological polar surface area (TPSA) is 49.3 Å². The average molecular weight is 346 g/mol. The standard InChI is InChI=1S/C19H39NO2S/c1-3-4-5-6-7-8-9-10-11-14-19(22)20-15-12-13-17(2)18(21)16-23/h17-18,21,23H,3-16H2,1-2H3,(H,20,22). The molecular formula is C19H39NO2S. The number of hydrogen-bond donors (Lipinski definition) is 3. The zero-order chi connectivity index (χ0) is 17.3. The first kappa shape index (κ1) is 22.8. The van der Waals surface area contributed by atoms with Crippen LogP contribution in [0.15, 0.2) is 0 Å². The number of carbonyl (C=O) groups excluding carboxylic acids is 1. The Kier molecular flexibility index (Phi) is 16.5. The van der Waals surface area contributed by atoms with Gasteiger partial charge in [-0.1, -0.05) is 65.2 Å². The molecule has 2 unspecified atom stereocenters. The van der Waals surface area contributed by atoms with Crippen LogP contribution >= 0.6 is 12.6 Å². The monoisotopic (exact) mass is 345 g/mol. The Morgan fingerprint density at radius 3 is 2.13 bits per heavy atom. The van der Waals surface area contributed by atoms with E-state index in [1.807, 2.05) is 6.92 Å². The zero-order valence-corrected chi connectivity index (χ0v) is 16.3. The van der Waals surface area contributed by atoms with Crippen LogP contribution in [0.4, 0.5) is 0 Å². The summed E-state index contributed by atoms with van der Waals surface area (Å²) >= 11 is 4.10. The van der Waals surface area contributed by atoms with Crippen molar-refractivity contribution in [1.82, 2.24) is 5.32 Å². The van der Waals surface area contributed by atoms with Gasteiger partial charge in [0.1, 0.15) is 0 Å². The summed E-state index contributed by atoms with van der Waals surface area (Å²) in [6.07, 6.45) is 13.7. The minimum absolute atomic E-state index is 0.176. The van der Waals surface area contributed by atoms with Gasteiger partial charge in [0.2, 0.25) is 5.91 Å². The van der Waals surface area contributed by atoms with Crippen molar-refractivity contribution >= 4 is 18.5 Å². The van der Waals surface area contributed by atoms with E-state index in [1.54, 1.807) is 0 Å². The van der Waals surface area contributed by atoms with E-state index in [0.29, 0.717) is 12.2 Å². The molecule has 2 atom stereocenters. The van der Waals surface area contributed by atoms with E-state index in [1.165, 1.54) is 51.4 Å². The third-order valence-electron chi connectivity index (χ3n) is 4.51. The Balaban J connectivity index is 3.31. The van der Waals surface area contributed by atoms with Crippen LogP contribution in [0.2, 0.25) is 0 Å². The highest BCUT2D eigenvalue weighted by Crippen LogP contribution is 2.12. The molecule has 0 radical (unpaired) electrons. The summed E-state index contributed by atoms with van der Waals surface area (Å²) in [6, 6.07) is 0. The molecule has 0 aromatic rings. The first-order chi connectivity index (χ1) is 11.1. The van der Waals surface area contributed by atoms with Crippen LogP contribution in [0.5, 0.6) is 0 Å². The lowest BCUT2D eigenvalue weighted by Crippen LogP contribution is -2.26. The second-order valence-electron chi connectivity index (χ2n) is 6.80. The number of thiol groups is 1. The maximum Gasteiger partial charge on any atom is 0.219 e. The minimum atomic E-state index is -0.337. The predicted molar refractivity (Wildman–Crippen MR) is 103 cm³/mol. The number of hydrogen-bond acceptors (Lipinski definition) is 3. The van der Waals surface area contributed by atoms with E-state index in [9.17, 15) is 9.90 Å². The van der Waals surface area contributed by atoms with Crippen LogP contribution in [0.3, 0.4) is 0 Å². The van der Waals surface area contributed by atoms with Crippen molar-refractivity contribution in [1.29, 1.82) is 0 Å². The van der Waals surface area contributed by atoms with Crippen LogP contribution in [0.25, 0.3) is 0 Å². The summed E-state index contributed by atoms with van der Waals surface area (Å²) < 4.78 is 0. The molecule has 0 heterocycles. The SMILES string of the molecule is CCCCCCCCCCCC(=O)NCCCC(C)C(O)CS. The van der Waals surface area contributed by atoms with Gasteiger partial charge in [-0.05, 0) is 25.2 Å². The number of aliphatic hydroxyl groups excluding tert-OH is 1. The molecule has 4 heteroatoms. The molecule has 0 aliphatic heterocycles. The summed E-state index contributed by atoms with van der Waals surface area (Å²) in [5, 5.41) is 12.6. The lowest BCUT2D eigenvalue weighted by molar-refractivity contribution is -0.121. The van der Waals surface area contributed by atoms with Crippen LogP contribution in [0.1, 0.15) is 90.9 Å². The van der Waals surface area contributed by atoms with Gasteiger partial charge in [0.25, 0.3) is 0 Å². The lowest BCUT2D eigenvalue weighted by Gasteiger charge is -2.16. The normalized spacial score (nSPS) is 13.7. The predicted octanol–water partition coefficient (Wildman–Crippen LogP) is 4.73. The van der Waals surface area contributed by atoms with Gasteiger partial charge in [-0.3, -0.25) is 4.79 Å². The lowest BCUT2D eigenvalue weighted by atomic mass is 10.0. The smallest absolute Gasteiger partial charge is 0.219 e. The van der Waals surface area contributed by atoms with Crippen molar-refractivity contribution in [3.05, 3.63) is 0 Å². The molecule has 0 aliphatic rings. The molecule has 0 aliphatic carbocycles. The van der Waals surface area contributed by atoms with Crippen molar-refractivity contribution in [2.75, 3.05) is 12.3 Å². The first-order valence-electron chi connectivity index (χ1n) is 9.67. The van der Waals surface area contributed by atoms with Crippen molar-refractivity contribution in [3.8, 4) is 0 Å². The largest absolute Gasteiger partial charge is 0.392 e. The number of nitrogens with one attached hydrogen (secondary N) is 1. The fraction of sp³-hybridized carbons (Fsp3) is 0.947.